The number of anilines is 1. The summed E-state index contributed by atoms with van der Waals surface area (Å²) in [6.45, 7) is 2.64. The van der Waals surface area contributed by atoms with Crippen LogP contribution in [-0.2, 0) is 10.2 Å². The lowest BCUT2D eigenvalue weighted by Gasteiger charge is -2.34. The van der Waals surface area contributed by atoms with Crippen molar-refractivity contribution in [2.75, 3.05) is 11.9 Å². The lowest BCUT2D eigenvalue weighted by Crippen LogP contribution is -2.48. The van der Waals surface area contributed by atoms with Crippen molar-refractivity contribution in [2.24, 2.45) is 0 Å². The summed E-state index contributed by atoms with van der Waals surface area (Å²) in [6.07, 6.45) is 5.52. The number of hydrogen-bond acceptors (Lipinski definition) is 4. The zero-order chi connectivity index (χ0) is 20.0. The van der Waals surface area contributed by atoms with Crippen LogP contribution in [0.25, 0.3) is 11.0 Å². The lowest BCUT2D eigenvalue weighted by atomic mass is 9.73. The Morgan fingerprint density at radius 2 is 2.00 bits per heavy atom. The molecule has 1 saturated heterocycles. The zero-order valence-electron chi connectivity index (χ0n) is 16.3. The van der Waals surface area contributed by atoms with E-state index in [9.17, 15) is 9.59 Å². The average molecular weight is 386 g/mol. The summed E-state index contributed by atoms with van der Waals surface area (Å²) >= 11 is 0. The number of nitrogens with one attached hydrogen (secondary N) is 1. The Labute approximate surface area is 169 Å². The lowest BCUT2D eigenvalue weighted by molar-refractivity contribution is -0.121. The molecule has 0 saturated carbocycles. The van der Waals surface area contributed by atoms with Crippen LogP contribution in [0.15, 0.2) is 54.9 Å². The summed E-state index contributed by atoms with van der Waals surface area (Å²) in [5.41, 5.74) is 3.04. The van der Waals surface area contributed by atoms with Crippen LogP contribution in [0.5, 0.6) is 0 Å². The second-order valence-electron chi connectivity index (χ2n) is 7.75. The maximum atomic E-state index is 13.6. The minimum atomic E-state index is -0.682. The van der Waals surface area contributed by atoms with Gasteiger partial charge in [0.2, 0.25) is 5.91 Å². The van der Waals surface area contributed by atoms with Gasteiger partial charge >= 0.3 is 0 Å². The SMILES string of the molecule is CCC[C@@H]1N(C(=O)c2cccc3nccnc23)CC[C@]12C(=O)Nc1ccccc12. The van der Waals surface area contributed by atoms with Crippen molar-refractivity contribution in [3.63, 3.8) is 0 Å². The molecule has 6 heteroatoms. The maximum absolute atomic E-state index is 13.6. The Kier molecular flexibility index (Phi) is 4.08. The Bertz CT molecular complexity index is 1120. The standard InChI is InChI=1S/C23H22N4O2/c1-2-6-19-23(16-8-3-4-9-17(16)26-22(23)29)11-14-27(19)21(28)15-7-5-10-18-20(15)25-13-12-24-18/h3-5,7-10,12-13,19H,2,6,11,14H2,1H3,(H,26,29)/t19-,23+/m0/s1. The van der Waals surface area contributed by atoms with Gasteiger partial charge in [0.1, 0.15) is 5.52 Å². The third-order valence-corrected chi connectivity index (χ3v) is 6.31. The first kappa shape index (κ1) is 17.8. The molecule has 2 atom stereocenters. The van der Waals surface area contributed by atoms with E-state index in [-0.39, 0.29) is 17.9 Å². The number of rotatable bonds is 3. The molecule has 3 aromatic rings. The van der Waals surface area contributed by atoms with Gasteiger partial charge in [0.15, 0.2) is 0 Å². The highest BCUT2D eigenvalue weighted by Gasteiger charge is 2.58. The molecule has 146 valence electrons. The van der Waals surface area contributed by atoms with Crippen molar-refractivity contribution in [2.45, 2.75) is 37.6 Å². The number of hydrogen-bond donors (Lipinski definition) is 1. The number of amides is 2. The van der Waals surface area contributed by atoms with E-state index in [2.05, 4.69) is 22.2 Å². The molecule has 0 bridgehead atoms. The molecule has 6 nitrogen and oxygen atoms in total. The molecule has 3 heterocycles. The fourth-order valence-corrected chi connectivity index (χ4v) is 5.04. The highest BCUT2D eigenvalue weighted by atomic mass is 16.2. The van der Waals surface area contributed by atoms with Gasteiger partial charge in [0, 0.05) is 24.6 Å². The van der Waals surface area contributed by atoms with E-state index in [1.807, 2.05) is 41.3 Å². The van der Waals surface area contributed by atoms with E-state index < -0.39 is 5.41 Å². The van der Waals surface area contributed by atoms with Crippen LogP contribution >= 0.6 is 0 Å². The van der Waals surface area contributed by atoms with Crippen LogP contribution in [0.3, 0.4) is 0 Å². The third-order valence-electron chi connectivity index (χ3n) is 6.31. The quantitative estimate of drug-likeness (QED) is 0.747. The first-order valence-corrected chi connectivity index (χ1v) is 10.1. The maximum Gasteiger partial charge on any atom is 0.256 e. The summed E-state index contributed by atoms with van der Waals surface area (Å²) in [6, 6.07) is 13.2. The van der Waals surface area contributed by atoms with Gasteiger partial charge in [0.25, 0.3) is 5.91 Å². The summed E-state index contributed by atoms with van der Waals surface area (Å²) in [5, 5.41) is 3.05. The summed E-state index contributed by atoms with van der Waals surface area (Å²) < 4.78 is 0. The Morgan fingerprint density at radius 3 is 2.86 bits per heavy atom. The van der Waals surface area contributed by atoms with Gasteiger partial charge in [0.05, 0.1) is 22.5 Å². The van der Waals surface area contributed by atoms with E-state index in [1.54, 1.807) is 18.5 Å². The predicted molar refractivity (Wildman–Crippen MR) is 111 cm³/mol. The van der Waals surface area contributed by atoms with Crippen molar-refractivity contribution in [3.05, 3.63) is 66.0 Å². The second kappa shape index (κ2) is 6.65. The molecule has 29 heavy (non-hydrogen) atoms. The molecule has 2 amide bonds. The number of para-hydroxylation sites is 2. The first-order valence-electron chi connectivity index (χ1n) is 10.1. The highest BCUT2D eigenvalue weighted by molar-refractivity contribution is 6.09. The number of aromatic nitrogens is 2. The molecule has 2 aliphatic rings. The zero-order valence-corrected chi connectivity index (χ0v) is 16.3. The molecule has 0 unspecified atom stereocenters. The molecule has 0 radical (unpaired) electrons. The topological polar surface area (TPSA) is 75.2 Å². The normalized spacial score (nSPS) is 22.9. The van der Waals surface area contributed by atoms with E-state index >= 15 is 0 Å². The van der Waals surface area contributed by atoms with E-state index in [4.69, 9.17) is 0 Å². The monoisotopic (exact) mass is 386 g/mol. The first-order chi connectivity index (χ1) is 14.2. The van der Waals surface area contributed by atoms with Crippen LogP contribution < -0.4 is 5.32 Å². The molecule has 1 fully saturated rings. The molecule has 1 spiro atoms. The number of benzene rings is 2. The van der Waals surface area contributed by atoms with E-state index in [1.165, 1.54) is 0 Å². The molecule has 5 rings (SSSR count). The van der Waals surface area contributed by atoms with E-state index in [0.717, 1.165) is 24.1 Å². The molecule has 1 aromatic heterocycles. The second-order valence-corrected chi connectivity index (χ2v) is 7.75. The molecule has 2 aliphatic heterocycles. The van der Waals surface area contributed by atoms with Crippen LogP contribution in [0, 0.1) is 0 Å². The van der Waals surface area contributed by atoms with Crippen molar-refractivity contribution in [1.29, 1.82) is 0 Å². The summed E-state index contributed by atoms with van der Waals surface area (Å²) in [4.78, 5) is 37.4. The Balaban J connectivity index is 1.60. The minimum absolute atomic E-state index is 0.00478. The molecule has 2 aromatic carbocycles. The van der Waals surface area contributed by atoms with Gasteiger partial charge in [-0.1, -0.05) is 37.6 Å². The summed E-state index contributed by atoms with van der Waals surface area (Å²) in [7, 11) is 0. The average Bonchev–Trinajstić information content (AvgIpc) is 3.27. The largest absolute Gasteiger partial charge is 0.334 e. The molecular weight excluding hydrogens is 364 g/mol. The van der Waals surface area contributed by atoms with Crippen molar-refractivity contribution in [1.82, 2.24) is 14.9 Å². The van der Waals surface area contributed by atoms with Gasteiger partial charge in [-0.15, -0.1) is 0 Å². The number of nitrogens with zero attached hydrogens (tertiary/aromatic N) is 3. The number of carbonyl (C=O) groups excluding carboxylic acids is 2. The Hall–Kier alpha value is -3.28. The predicted octanol–water partition coefficient (Wildman–Crippen LogP) is 3.53. The van der Waals surface area contributed by atoms with Crippen LogP contribution in [0.2, 0.25) is 0 Å². The van der Waals surface area contributed by atoms with E-state index in [0.29, 0.717) is 29.6 Å². The van der Waals surface area contributed by atoms with Crippen LogP contribution in [0.1, 0.15) is 42.1 Å². The van der Waals surface area contributed by atoms with Gasteiger partial charge in [-0.3, -0.25) is 19.6 Å². The minimum Gasteiger partial charge on any atom is -0.334 e. The molecule has 1 N–H and O–H groups in total. The smallest absolute Gasteiger partial charge is 0.256 e. The fourth-order valence-electron chi connectivity index (χ4n) is 5.04. The van der Waals surface area contributed by atoms with Gasteiger partial charge in [-0.05, 0) is 36.6 Å². The van der Waals surface area contributed by atoms with Gasteiger partial charge in [-0.25, -0.2) is 0 Å². The number of fused-ring (bicyclic) bond motifs is 3. The van der Waals surface area contributed by atoms with Crippen molar-refractivity contribution >= 4 is 28.5 Å². The van der Waals surface area contributed by atoms with Crippen molar-refractivity contribution in [3.8, 4) is 0 Å². The number of carbonyl (C=O) groups is 2. The van der Waals surface area contributed by atoms with Crippen LogP contribution in [0.4, 0.5) is 5.69 Å². The third kappa shape index (κ3) is 2.48. The van der Waals surface area contributed by atoms with Crippen molar-refractivity contribution < 1.29 is 9.59 Å². The van der Waals surface area contributed by atoms with Gasteiger partial charge < -0.3 is 10.2 Å². The van der Waals surface area contributed by atoms with Crippen LogP contribution in [-0.4, -0.2) is 39.3 Å². The fraction of sp³-hybridized carbons (Fsp3) is 0.304. The Morgan fingerprint density at radius 1 is 1.17 bits per heavy atom. The number of likely N-dealkylation sites (tertiary alicyclic amines) is 1. The highest BCUT2D eigenvalue weighted by Crippen LogP contribution is 2.49. The molecule has 0 aliphatic carbocycles. The summed E-state index contributed by atoms with van der Waals surface area (Å²) in [5.74, 6) is -0.0752. The van der Waals surface area contributed by atoms with Gasteiger partial charge in [-0.2, -0.15) is 0 Å². The molecular formula is C23H22N4O2.